The Bertz CT molecular complexity index is 180. The Morgan fingerprint density at radius 1 is 1.42 bits per heavy atom. The van der Waals surface area contributed by atoms with Gasteiger partial charge in [-0.05, 0) is 5.57 Å². The van der Waals surface area contributed by atoms with E-state index in [9.17, 15) is 4.79 Å². The zero-order valence-corrected chi connectivity index (χ0v) is 7.16. The van der Waals surface area contributed by atoms with Crippen molar-refractivity contribution in [2.45, 2.75) is 6.42 Å². The van der Waals surface area contributed by atoms with Crippen LogP contribution in [0.25, 0.3) is 0 Å². The molecule has 0 aromatic heterocycles. The second-order valence-electron chi connectivity index (χ2n) is 1.75. The fourth-order valence-corrected chi connectivity index (χ4v) is 0.525. The molecule has 3 nitrogen and oxygen atoms in total. The molecule has 0 aromatic rings. The lowest BCUT2D eigenvalue weighted by atomic mass is 10.2. The van der Waals surface area contributed by atoms with Crippen molar-refractivity contribution in [1.82, 2.24) is 0 Å². The van der Waals surface area contributed by atoms with E-state index in [1.54, 1.807) is 12.2 Å². The smallest absolute Gasteiger partial charge is 0.307 e. The second-order valence-corrected chi connectivity index (χ2v) is 1.75. The molecular formula is C9H14O3. The van der Waals surface area contributed by atoms with Crippen molar-refractivity contribution >= 4 is 5.97 Å². The molecule has 0 heterocycles. The third-order valence-electron chi connectivity index (χ3n) is 0.949. The highest BCUT2D eigenvalue weighted by atomic mass is 16.4. The number of carbonyl (C=O) groups is 1. The maximum atomic E-state index is 10.1. The molecule has 0 fully saturated rings. The van der Waals surface area contributed by atoms with E-state index in [0.29, 0.717) is 5.57 Å². The summed E-state index contributed by atoms with van der Waals surface area (Å²) in [5.41, 5.74) is 0.669. The molecule has 0 aromatic carbocycles. The summed E-state index contributed by atoms with van der Waals surface area (Å²) in [5, 5.41) is 15.3. The standard InChI is InChI=1S/C8H10O2.CH4O/c1-3-5-7(4-2)6-8(9)10;1-2/h3-5H,1-2,6H2,(H,9,10);2H,1H3/b7-5+;. The number of hydrogen-bond acceptors (Lipinski definition) is 2. The fourth-order valence-electron chi connectivity index (χ4n) is 0.525. The average molecular weight is 170 g/mol. The van der Waals surface area contributed by atoms with Crippen LogP contribution in [-0.4, -0.2) is 23.3 Å². The minimum absolute atomic E-state index is 0.00944. The summed E-state index contributed by atoms with van der Waals surface area (Å²) in [7, 11) is 1.00. The van der Waals surface area contributed by atoms with Gasteiger partial charge in [0.2, 0.25) is 0 Å². The molecule has 2 N–H and O–H groups in total. The Hall–Kier alpha value is -1.35. The fraction of sp³-hybridized carbons (Fsp3) is 0.222. The van der Waals surface area contributed by atoms with Crippen LogP contribution in [0, 0.1) is 0 Å². The number of aliphatic carboxylic acids is 1. The quantitative estimate of drug-likeness (QED) is 0.626. The number of hydrogen-bond donors (Lipinski definition) is 2. The van der Waals surface area contributed by atoms with Crippen molar-refractivity contribution in [2.75, 3.05) is 7.11 Å². The normalized spacial score (nSPS) is 9.33. The summed E-state index contributed by atoms with van der Waals surface area (Å²) in [4.78, 5) is 10.1. The highest BCUT2D eigenvalue weighted by Gasteiger charge is 1.97. The Balaban J connectivity index is 0. The van der Waals surface area contributed by atoms with E-state index in [0.717, 1.165) is 7.11 Å². The highest BCUT2D eigenvalue weighted by molar-refractivity contribution is 5.71. The zero-order valence-electron chi connectivity index (χ0n) is 7.16. The van der Waals surface area contributed by atoms with Gasteiger partial charge < -0.3 is 10.2 Å². The largest absolute Gasteiger partial charge is 0.481 e. The molecular weight excluding hydrogens is 156 g/mol. The van der Waals surface area contributed by atoms with Gasteiger partial charge in [-0.3, -0.25) is 4.79 Å². The van der Waals surface area contributed by atoms with Crippen LogP contribution >= 0.6 is 0 Å². The summed E-state index contributed by atoms with van der Waals surface area (Å²) >= 11 is 0. The van der Waals surface area contributed by atoms with Crippen molar-refractivity contribution in [3.8, 4) is 0 Å². The molecule has 0 bridgehead atoms. The lowest BCUT2D eigenvalue weighted by Gasteiger charge is -1.92. The van der Waals surface area contributed by atoms with Gasteiger partial charge in [0.05, 0.1) is 6.42 Å². The lowest BCUT2D eigenvalue weighted by Crippen LogP contribution is -1.94. The second kappa shape index (κ2) is 9.65. The van der Waals surface area contributed by atoms with Crippen LogP contribution in [0.2, 0.25) is 0 Å². The Labute approximate surface area is 72.3 Å². The predicted molar refractivity (Wildman–Crippen MR) is 48.9 cm³/mol. The maximum Gasteiger partial charge on any atom is 0.307 e. The van der Waals surface area contributed by atoms with Crippen LogP contribution in [0.3, 0.4) is 0 Å². The maximum absolute atomic E-state index is 10.1. The van der Waals surface area contributed by atoms with Gasteiger partial charge in [-0.2, -0.15) is 0 Å². The van der Waals surface area contributed by atoms with Gasteiger partial charge in [-0.25, -0.2) is 0 Å². The molecule has 0 saturated carbocycles. The van der Waals surface area contributed by atoms with Gasteiger partial charge in [-0.15, -0.1) is 0 Å². The minimum Gasteiger partial charge on any atom is -0.481 e. The van der Waals surface area contributed by atoms with Crippen LogP contribution < -0.4 is 0 Å². The summed E-state index contributed by atoms with van der Waals surface area (Å²) in [5.74, 6) is -0.854. The molecule has 0 spiro atoms. The van der Waals surface area contributed by atoms with Crippen LogP contribution in [0.1, 0.15) is 6.42 Å². The lowest BCUT2D eigenvalue weighted by molar-refractivity contribution is -0.136. The topological polar surface area (TPSA) is 57.5 Å². The molecule has 0 amide bonds. The van der Waals surface area contributed by atoms with E-state index in [-0.39, 0.29) is 6.42 Å². The van der Waals surface area contributed by atoms with Crippen molar-refractivity contribution < 1.29 is 15.0 Å². The highest BCUT2D eigenvalue weighted by Crippen LogP contribution is 2.01. The zero-order chi connectivity index (χ0) is 9.98. The van der Waals surface area contributed by atoms with E-state index in [2.05, 4.69) is 13.2 Å². The number of carboxylic acid groups (broad SMARTS) is 1. The van der Waals surface area contributed by atoms with Gasteiger partial charge in [0.1, 0.15) is 0 Å². The van der Waals surface area contributed by atoms with Crippen molar-refractivity contribution in [3.05, 3.63) is 37.0 Å². The van der Waals surface area contributed by atoms with Crippen LogP contribution in [-0.2, 0) is 4.79 Å². The summed E-state index contributed by atoms with van der Waals surface area (Å²) in [6, 6.07) is 0. The Morgan fingerprint density at radius 3 is 2.17 bits per heavy atom. The van der Waals surface area contributed by atoms with Crippen LogP contribution in [0.4, 0.5) is 0 Å². The molecule has 68 valence electrons. The van der Waals surface area contributed by atoms with E-state index in [4.69, 9.17) is 10.2 Å². The average Bonchev–Trinajstić information content (AvgIpc) is 2.07. The third kappa shape index (κ3) is 8.65. The number of aliphatic hydroxyl groups excluding tert-OH is 1. The molecule has 12 heavy (non-hydrogen) atoms. The molecule has 0 aliphatic carbocycles. The van der Waals surface area contributed by atoms with Gasteiger partial charge >= 0.3 is 5.97 Å². The van der Waals surface area contributed by atoms with E-state index >= 15 is 0 Å². The van der Waals surface area contributed by atoms with Crippen LogP contribution in [0.15, 0.2) is 37.0 Å². The number of rotatable bonds is 4. The number of aliphatic hydroxyl groups is 1. The molecule has 0 saturated heterocycles. The van der Waals surface area contributed by atoms with Gasteiger partial charge in [-0.1, -0.05) is 31.4 Å². The SMILES string of the molecule is C=C/C=C(\C=C)CC(=O)O.CO. The number of allylic oxidation sites excluding steroid dienone is 3. The first-order valence-electron chi connectivity index (χ1n) is 3.31. The molecule has 0 aliphatic heterocycles. The monoisotopic (exact) mass is 170 g/mol. The Morgan fingerprint density at radius 2 is 1.92 bits per heavy atom. The van der Waals surface area contributed by atoms with Gasteiger partial charge in [0.25, 0.3) is 0 Å². The third-order valence-corrected chi connectivity index (χ3v) is 0.949. The van der Waals surface area contributed by atoms with Gasteiger partial charge in [0.15, 0.2) is 0 Å². The number of carboxylic acids is 1. The predicted octanol–water partition coefficient (Wildman–Crippen LogP) is 1.37. The summed E-state index contributed by atoms with van der Waals surface area (Å²) in [6.45, 7) is 6.89. The van der Waals surface area contributed by atoms with E-state index in [1.807, 2.05) is 0 Å². The molecule has 3 heteroatoms. The van der Waals surface area contributed by atoms with E-state index in [1.165, 1.54) is 6.08 Å². The summed E-state index contributed by atoms with van der Waals surface area (Å²) in [6.07, 6.45) is 4.69. The van der Waals surface area contributed by atoms with Crippen molar-refractivity contribution in [2.24, 2.45) is 0 Å². The Kier molecular flexibility index (Phi) is 10.7. The molecule has 0 rings (SSSR count). The van der Waals surface area contributed by atoms with E-state index < -0.39 is 5.97 Å². The summed E-state index contributed by atoms with van der Waals surface area (Å²) < 4.78 is 0. The van der Waals surface area contributed by atoms with Crippen molar-refractivity contribution in [1.29, 1.82) is 0 Å². The first-order valence-corrected chi connectivity index (χ1v) is 3.31. The van der Waals surface area contributed by atoms with Crippen molar-refractivity contribution in [3.63, 3.8) is 0 Å². The molecule has 0 radical (unpaired) electrons. The van der Waals surface area contributed by atoms with Gasteiger partial charge in [0, 0.05) is 7.11 Å². The first kappa shape index (κ1) is 13.3. The molecule has 0 aliphatic rings. The first-order chi connectivity index (χ1) is 5.70. The minimum atomic E-state index is -0.854. The molecule has 0 unspecified atom stereocenters. The molecule has 0 atom stereocenters. The van der Waals surface area contributed by atoms with Crippen LogP contribution in [0.5, 0.6) is 0 Å².